The van der Waals surface area contributed by atoms with Crippen LogP contribution >= 0.6 is 11.3 Å². The number of benzene rings is 2. The fourth-order valence-corrected chi connectivity index (χ4v) is 4.07. The lowest BCUT2D eigenvalue weighted by atomic mass is 10.0. The molecule has 27 heavy (non-hydrogen) atoms. The van der Waals surface area contributed by atoms with Gasteiger partial charge in [-0.3, -0.25) is 4.79 Å². The molecule has 1 aromatic heterocycles. The third kappa shape index (κ3) is 4.56. The standard InChI is InChI=1S/C22H22O4S/c1-3-26-20(23)14-17-13-19(21(24)15-7-5-4-6-8-15)27-22(17)16-9-11-18(25-2)12-10-16/h4-13,21,24H,3,14H2,1-2H3. The van der Waals surface area contributed by atoms with Gasteiger partial charge in [-0.2, -0.15) is 0 Å². The van der Waals surface area contributed by atoms with Gasteiger partial charge >= 0.3 is 5.97 Å². The lowest BCUT2D eigenvalue weighted by Crippen LogP contribution is -2.07. The quantitative estimate of drug-likeness (QED) is 0.606. The van der Waals surface area contributed by atoms with Crippen LogP contribution < -0.4 is 4.74 Å². The molecule has 4 nitrogen and oxygen atoms in total. The number of methoxy groups -OCH3 is 1. The zero-order valence-electron chi connectivity index (χ0n) is 15.3. The molecular formula is C22H22O4S. The van der Waals surface area contributed by atoms with E-state index in [1.165, 1.54) is 11.3 Å². The number of ether oxygens (including phenoxy) is 2. The largest absolute Gasteiger partial charge is 0.497 e. The summed E-state index contributed by atoms with van der Waals surface area (Å²) in [6.07, 6.45) is -0.558. The molecule has 0 aliphatic carbocycles. The fraction of sp³-hybridized carbons (Fsp3) is 0.227. The van der Waals surface area contributed by atoms with Crippen molar-refractivity contribution in [3.05, 3.63) is 76.7 Å². The van der Waals surface area contributed by atoms with Crippen molar-refractivity contribution in [1.82, 2.24) is 0 Å². The van der Waals surface area contributed by atoms with E-state index >= 15 is 0 Å². The summed E-state index contributed by atoms with van der Waals surface area (Å²) >= 11 is 1.49. The fourth-order valence-electron chi connectivity index (χ4n) is 2.87. The van der Waals surface area contributed by atoms with Crippen LogP contribution in [0.5, 0.6) is 5.75 Å². The minimum atomic E-state index is -0.732. The maximum atomic E-state index is 12.0. The molecule has 0 aliphatic heterocycles. The highest BCUT2D eigenvalue weighted by Crippen LogP contribution is 2.38. The summed E-state index contributed by atoms with van der Waals surface area (Å²) in [4.78, 5) is 13.8. The summed E-state index contributed by atoms with van der Waals surface area (Å²) in [5, 5.41) is 10.8. The highest BCUT2D eigenvalue weighted by Gasteiger charge is 2.20. The smallest absolute Gasteiger partial charge is 0.310 e. The Morgan fingerprint density at radius 1 is 1.11 bits per heavy atom. The van der Waals surface area contributed by atoms with Gasteiger partial charge in [-0.05, 0) is 53.9 Å². The van der Waals surface area contributed by atoms with Crippen LogP contribution in [-0.4, -0.2) is 24.8 Å². The van der Waals surface area contributed by atoms with E-state index in [4.69, 9.17) is 9.47 Å². The van der Waals surface area contributed by atoms with Gasteiger partial charge < -0.3 is 14.6 Å². The molecule has 3 aromatic rings. The van der Waals surface area contributed by atoms with Crippen molar-refractivity contribution in [3.63, 3.8) is 0 Å². The van der Waals surface area contributed by atoms with Gasteiger partial charge in [-0.1, -0.05) is 30.3 Å². The molecule has 1 N–H and O–H groups in total. The van der Waals surface area contributed by atoms with Gasteiger partial charge in [0.05, 0.1) is 20.1 Å². The summed E-state index contributed by atoms with van der Waals surface area (Å²) in [6.45, 7) is 2.14. The average molecular weight is 382 g/mol. The number of esters is 1. The Morgan fingerprint density at radius 3 is 2.44 bits per heavy atom. The molecule has 0 bridgehead atoms. The number of thiophene rings is 1. The van der Waals surface area contributed by atoms with Crippen LogP contribution in [0.15, 0.2) is 60.7 Å². The Morgan fingerprint density at radius 2 is 1.81 bits per heavy atom. The van der Waals surface area contributed by atoms with Gasteiger partial charge in [0.25, 0.3) is 0 Å². The van der Waals surface area contributed by atoms with Gasteiger partial charge in [0.15, 0.2) is 0 Å². The van der Waals surface area contributed by atoms with Crippen LogP contribution in [0.4, 0.5) is 0 Å². The van der Waals surface area contributed by atoms with Crippen LogP contribution in [-0.2, 0) is 16.0 Å². The SMILES string of the molecule is CCOC(=O)Cc1cc(C(O)c2ccccc2)sc1-c1ccc(OC)cc1. The molecule has 1 atom stereocenters. The molecule has 1 heterocycles. The Hall–Kier alpha value is -2.63. The van der Waals surface area contributed by atoms with Gasteiger partial charge in [-0.25, -0.2) is 0 Å². The zero-order valence-corrected chi connectivity index (χ0v) is 16.2. The van der Waals surface area contributed by atoms with Crippen molar-refractivity contribution in [2.45, 2.75) is 19.4 Å². The molecule has 0 amide bonds. The predicted molar refractivity (Wildman–Crippen MR) is 107 cm³/mol. The third-order valence-corrected chi connectivity index (χ3v) is 5.48. The van der Waals surface area contributed by atoms with E-state index < -0.39 is 6.10 Å². The first kappa shape index (κ1) is 19.1. The summed E-state index contributed by atoms with van der Waals surface area (Å²) < 4.78 is 10.3. The Labute approximate surface area is 163 Å². The average Bonchev–Trinajstić information content (AvgIpc) is 3.12. The van der Waals surface area contributed by atoms with E-state index in [1.807, 2.05) is 60.7 Å². The molecule has 0 fully saturated rings. The van der Waals surface area contributed by atoms with Crippen molar-refractivity contribution < 1.29 is 19.4 Å². The van der Waals surface area contributed by atoms with Crippen LogP contribution in [0, 0.1) is 0 Å². The van der Waals surface area contributed by atoms with Crippen LogP contribution in [0.2, 0.25) is 0 Å². The topological polar surface area (TPSA) is 55.8 Å². The minimum absolute atomic E-state index is 0.174. The molecule has 0 saturated heterocycles. The lowest BCUT2D eigenvalue weighted by Gasteiger charge is -2.08. The molecule has 0 saturated carbocycles. The number of hydrogen-bond donors (Lipinski definition) is 1. The van der Waals surface area contributed by atoms with Crippen molar-refractivity contribution in [2.75, 3.05) is 13.7 Å². The molecule has 0 spiro atoms. The summed E-state index contributed by atoms with van der Waals surface area (Å²) in [6, 6.07) is 19.1. The molecule has 140 valence electrons. The molecule has 5 heteroatoms. The molecular weight excluding hydrogens is 360 g/mol. The molecule has 2 aromatic carbocycles. The number of aliphatic hydroxyl groups excluding tert-OH is 1. The summed E-state index contributed by atoms with van der Waals surface area (Å²) in [5.41, 5.74) is 2.66. The highest BCUT2D eigenvalue weighted by atomic mass is 32.1. The van der Waals surface area contributed by atoms with Crippen molar-refractivity contribution >= 4 is 17.3 Å². The van der Waals surface area contributed by atoms with Gasteiger partial charge in [0, 0.05) is 9.75 Å². The monoisotopic (exact) mass is 382 g/mol. The predicted octanol–water partition coefficient (Wildman–Crippen LogP) is 4.61. The molecule has 0 aliphatic rings. The Balaban J connectivity index is 1.98. The number of rotatable bonds is 7. The second kappa shape index (κ2) is 8.84. The van der Waals surface area contributed by atoms with E-state index in [1.54, 1.807) is 14.0 Å². The first-order valence-corrected chi connectivity index (χ1v) is 9.59. The van der Waals surface area contributed by atoms with E-state index in [9.17, 15) is 9.90 Å². The minimum Gasteiger partial charge on any atom is -0.497 e. The summed E-state index contributed by atoms with van der Waals surface area (Å²) in [5.74, 6) is 0.498. The van der Waals surface area contributed by atoms with Gasteiger partial charge in [0.2, 0.25) is 0 Å². The highest BCUT2D eigenvalue weighted by molar-refractivity contribution is 7.15. The second-order valence-electron chi connectivity index (χ2n) is 6.03. The third-order valence-electron chi connectivity index (χ3n) is 4.21. The van der Waals surface area contributed by atoms with Crippen LogP contribution in [0.25, 0.3) is 10.4 Å². The van der Waals surface area contributed by atoms with Crippen LogP contribution in [0.1, 0.15) is 29.0 Å². The first-order valence-electron chi connectivity index (χ1n) is 8.78. The molecule has 3 rings (SSSR count). The van der Waals surface area contributed by atoms with E-state index in [0.717, 1.165) is 32.2 Å². The Kier molecular flexibility index (Phi) is 6.27. The normalized spacial score (nSPS) is 11.8. The summed E-state index contributed by atoms with van der Waals surface area (Å²) in [7, 11) is 1.63. The Bertz CT molecular complexity index is 884. The molecule has 0 radical (unpaired) electrons. The van der Waals surface area contributed by atoms with E-state index in [2.05, 4.69) is 0 Å². The van der Waals surface area contributed by atoms with Crippen molar-refractivity contribution in [1.29, 1.82) is 0 Å². The van der Waals surface area contributed by atoms with E-state index in [-0.39, 0.29) is 12.4 Å². The van der Waals surface area contributed by atoms with Gasteiger partial charge in [-0.15, -0.1) is 11.3 Å². The second-order valence-corrected chi connectivity index (χ2v) is 7.11. The lowest BCUT2D eigenvalue weighted by molar-refractivity contribution is -0.142. The maximum Gasteiger partial charge on any atom is 0.310 e. The first-order chi connectivity index (χ1) is 13.1. The zero-order chi connectivity index (χ0) is 19.2. The maximum absolute atomic E-state index is 12.0. The van der Waals surface area contributed by atoms with Gasteiger partial charge in [0.1, 0.15) is 11.9 Å². The number of carbonyl (C=O) groups is 1. The van der Waals surface area contributed by atoms with Crippen molar-refractivity contribution in [3.8, 4) is 16.2 Å². The number of carbonyl (C=O) groups excluding carboxylic acids is 1. The van der Waals surface area contributed by atoms with Crippen molar-refractivity contribution in [2.24, 2.45) is 0 Å². The van der Waals surface area contributed by atoms with Crippen LogP contribution in [0.3, 0.4) is 0 Å². The number of aliphatic hydroxyl groups is 1. The molecule has 1 unspecified atom stereocenters. The van der Waals surface area contributed by atoms with E-state index in [0.29, 0.717) is 6.61 Å². The number of hydrogen-bond acceptors (Lipinski definition) is 5.